The van der Waals surface area contributed by atoms with Gasteiger partial charge in [-0.05, 0) is 69.1 Å². The number of nitrogens with zero attached hydrogens (tertiary/aromatic N) is 2. The van der Waals surface area contributed by atoms with Gasteiger partial charge in [0.15, 0.2) is 0 Å². The van der Waals surface area contributed by atoms with Crippen LogP contribution in [-0.2, 0) is 11.3 Å². The number of benzene rings is 2. The molecule has 0 radical (unpaired) electrons. The second-order valence-electron chi connectivity index (χ2n) is 9.43. The fraction of sp³-hybridized carbons (Fsp3) is 0.276. The summed E-state index contributed by atoms with van der Waals surface area (Å²) in [5.41, 5.74) is 3.29. The van der Waals surface area contributed by atoms with Crippen molar-refractivity contribution < 1.29 is 14.3 Å². The number of pyridine rings is 1. The lowest BCUT2D eigenvalue weighted by molar-refractivity contribution is -0.121. The molecule has 2 aromatic carbocycles. The first-order valence-electron chi connectivity index (χ1n) is 12.2. The lowest BCUT2D eigenvalue weighted by Crippen LogP contribution is -2.38. The molecule has 184 valence electrons. The highest BCUT2D eigenvalue weighted by Gasteiger charge is 2.27. The fourth-order valence-electron chi connectivity index (χ4n) is 4.85. The topological polar surface area (TPSA) is 95.7 Å². The Morgan fingerprint density at radius 2 is 1.83 bits per heavy atom. The molecule has 2 N–H and O–H groups in total. The zero-order chi connectivity index (χ0) is 25.2. The Kier molecular flexibility index (Phi) is 6.57. The van der Waals surface area contributed by atoms with Gasteiger partial charge < -0.3 is 14.8 Å². The van der Waals surface area contributed by atoms with Gasteiger partial charge in [0.25, 0.3) is 0 Å². The molecule has 5 rings (SSSR count). The van der Waals surface area contributed by atoms with Crippen LogP contribution in [0.3, 0.4) is 0 Å². The number of fused-ring (bicyclic) bond motifs is 1. The predicted molar refractivity (Wildman–Crippen MR) is 140 cm³/mol. The molecular formula is C29H29N3O4. The lowest BCUT2D eigenvalue weighted by atomic mass is 9.95. The van der Waals surface area contributed by atoms with Gasteiger partial charge in [-0.3, -0.25) is 14.5 Å². The lowest BCUT2D eigenvalue weighted by Gasteiger charge is -2.31. The second kappa shape index (κ2) is 9.95. The van der Waals surface area contributed by atoms with E-state index in [1.54, 1.807) is 25.3 Å². The smallest absolute Gasteiger partial charge is 0.228 e. The molecule has 1 aliphatic heterocycles. The number of rotatable bonds is 5. The van der Waals surface area contributed by atoms with E-state index in [2.05, 4.69) is 15.2 Å². The van der Waals surface area contributed by atoms with Crippen molar-refractivity contribution >= 4 is 22.7 Å². The van der Waals surface area contributed by atoms with Crippen LogP contribution in [0.2, 0.25) is 0 Å². The first-order valence-corrected chi connectivity index (χ1v) is 12.2. The van der Waals surface area contributed by atoms with E-state index in [-0.39, 0.29) is 23.0 Å². The summed E-state index contributed by atoms with van der Waals surface area (Å²) in [6.07, 6.45) is 3.13. The average molecular weight is 484 g/mol. The molecule has 4 aromatic rings. The molecule has 0 spiro atoms. The van der Waals surface area contributed by atoms with Gasteiger partial charge in [0.05, 0.1) is 16.5 Å². The largest absolute Gasteiger partial charge is 0.507 e. The van der Waals surface area contributed by atoms with Crippen molar-refractivity contribution in [2.75, 3.05) is 18.4 Å². The van der Waals surface area contributed by atoms with Crippen LogP contribution in [0.5, 0.6) is 5.75 Å². The molecule has 7 nitrogen and oxygen atoms in total. The number of aromatic hydroxyl groups is 1. The highest BCUT2D eigenvalue weighted by molar-refractivity contribution is 5.91. The third-order valence-corrected chi connectivity index (χ3v) is 6.88. The summed E-state index contributed by atoms with van der Waals surface area (Å²) in [6.45, 7) is 5.56. The Labute approximate surface area is 209 Å². The van der Waals surface area contributed by atoms with Gasteiger partial charge in [-0.15, -0.1) is 0 Å². The molecule has 1 aliphatic rings. The number of aryl methyl sites for hydroxylation is 2. The summed E-state index contributed by atoms with van der Waals surface area (Å²) >= 11 is 0. The SMILES string of the molecule is Cc1ccc(NC(=O)C2CCN(Cc3c(O)ccc4c(=O)c(-c5ccccc5)c(C)oc34)CC2)nc1. The van der Waals surface area contributed by atoms with Crippen LogP contribution >= 0.6 is 0 Å². The molecule has 0 atom stereocenters. The first kappa shape index (κ1) is 23.8. The van der Waals surface area contributed by atoms with Gasteiger partial charge in [-0.25, -0.2) is 4.98 Å². The van der Waals surface area contributed by atoms with Crippen LogP contribution in [-0.4, -0.2) is 34.0 Å². The summed E-state index contributed by atoms with van der Waals surface area (Å²) in [4.78, 5) is 32.5. The van der Waals surface area contributed by atoms with Crippen LogP contribution in [0.4, 0.5) is 5.82 Å². The number of anilines is 1. The molecule has 2 aromatic heterocycles. The summed E-state index contributed by atoms with van der Waals surface area (Å²) < 4.78 is 6.16. The molecule has 36 heavy (non-hydrogen) atoms. The van der Waals surface area contributed by atoms with E-state index in [0.29, 0.717) is 66.2 Å². The Morgan fingerprint density at radius 3 is 2.53 bits per heavy atom. The molecule has 7 heteroatoms. The third-order valence-electron chi connectivity index (χ3n) is 6.88. The molecule has 3 heterocycles. The molecule has 0 unspecified atom stereocenters. The number of nitrogens with one attached hydrogen (secondary N) is 1. The summed E-state index contributed by atoms with van der Waals surface area (Å²) in [5, 5.41) is 14.0. The van der Waals surface area contributed by atoms with E-state index < -0.39 is 0 Å². The Balaban J connectivity index is 1.33. The van der Waals surface area contributed by atoms with Crippen LogP contribution < -0.4 is 10.7 Å². The van der Waals surface area contributed by atoms with Crippen LogP contribution in [0.25, 0.3) is 22.1 Å². The number of likely N-dealkylation sites (tertiary alicyclic amines) is 1. The van der Waals surface area contributed by atoms with E-state index in [1.807, 2.05) is 49.4 Å². The van der Waals surface area contributed by atoms with E-state index in [9.17, 15) is 14.7 Å². The molecule has 0 aliphatic carbocycles. The first-order chi connectivity index (χ1) is 17.4. The van der Waals surface area contributed by atoms with E-state index in [0.717, 1.165) is 11.1 Å². The highest BCUT2D eigenvalue weighted by atomic mass is 16.3. The van der Waals surface area contributed by atoms with Crippen LogP contribution in [0, 0.1) is 19.8 Å². The number of hydrogen-bond donors (Lipinski definition) is 2. The zero-order valence-corrected chi connectivity index (χ0v) is 20.5. The minimum Gasteiger partial charge on any atom is -0.507 e. The van der Waals surface area contributed by atoms with Gasteiger partial charge in [0.2, 0.25) is 11.3 Å². The minimum absolute atomic E-state index is 0.0194. The molecule has 1 fully saturated rings. The van der Waals surface area contributed by atoms with Gasteiger partial charge in [-0.2, -0.15) is 0 Å². The zero-order valence-electron chi connectivity index (χ0n) is 20.5. The highest BCUT2D eigenvalue weighted by Crippen LogP contribution is 2.32. The summed E-state index contributed by atoms with van der Waals surface area (Å²) in [5.74, 6) is 1.07. The minimum atomic E-state index is -0.110. The maximum Gasteiger partial charge on any atom is 0.228 e. The van der Waals surface area contributed by atoms with Crippen molar-refractivity contribution in [3.8, 4) is 16.9 Å². The van der Waals surface area contributed by atoms with E-state index >= 15 is 0 Å². The van der Waals surface area contributed by atoms with Gasteiger partial charge in [0, 0.05) is 18.7 Å². The average Bonchev–Trinajstić information content (AvgIpc) is 2.88. The standard InChI is InChI=1S/C29H29N3O4/c1-18-8-11-25(30-16-18)31-29(35)21-12-14-32(15-13-21)17-23-24(33)10-9-22-27(34)26(19(2)36-28(22)23)20-6-4-3-5-7-20/h3-11,16,21,33H,12-15,17H2,1-2H3,(H,30,31,35). The van der Waals surface area contributed by atoms with Gasteiger partial charge >= 0.3 is 0 Å². The summed E-state index contributed by atoms with van der Waals surface area (Å²) in [6, 6.07) is 16.4. The quantitative estimate of drug-likeness (QED) is 0.413. The van der Waals surface area contributed by atoms with Crippen LogP contribution in [0.15, 0.2) is 70.0 Å². The Hall–Kier alpha value is -3.97. The number of hydrogen-bond acceptors (Lipinski definition) is 6. The monoisotopic (exact) mass is 483 g/mol. The fourth-order valence-corrected chi connectivity index (χ4v) is 4.85. The maximum atomic E-state index is 13.4. The number of aromatic nitrogens is 1. The molecule has 1 saturated heterocycles. The maximum absolute atomic E-state index is 13.4. The second-order valence-corrected chi connectivity index (χ2v) is 9.43. The number of piperidine rings is 1. The molecular weight excluding hydrogens is 454 g/mol. The van der Waals surface area contributed by atoms with E-state index in [1.165, 1.54) is 0 Å². The van der Waals surface area contributed by atoms with Crippen molar-refractivity contribution in [1.82, 2.24) is 9.88 Å². The van der Waals surface area contributed by atoms with Crippen molar-refractivity contribution in [2.24, 2.45) is 5.92 Å². The molecule has 1 amide bonds. The van der Waals surface area contributed by atoms with Crippen molar-refractivity contribution in [3.05, 3.63) is 87.9 Å². The van der Waals surface area contributed by atoms with Gasteiger partial charge in [0.1, 0.15) is 22.9 Å². The number of phenolic OH excluding ortho intramolecular Hbond substituents is 1. The van der Waals surface area contributed by atoms with Crippen molar-refractivity contribution in [3.63, 3.8) is 0 Å². The number of carbonyl (C=O) groups excluding carboxylic acids is 1. The number of amides is 1. The van der Waals surface area contributed by atoms with E-state index in [4.69, 9.17) is 4.42 Å². The normalized spacial score (nSPS) is 14.7. The third kappa shape index (κ3) is 4.75. The number of phenols is 1. The van der Waals surface area contributed by atoms with Gasteiger partial charge in [-0.1, -0.05) is 36.4 Å². The molecule has 0 bridgehead atoms. The van der Waals surface area contributed by atoms with Crippen LogP contribution in [0.1, 0.15) is 29.7 Å². The molecule has 0 saturated carbocycles. The Bertz CT molecular complexity index is 1450. The van der Waals surface area contributed by atoms with Crippen molar-refractivity contribution in [2.45, 2.75) is 33.2 Å². The number of carbonyl (C=O) groups is 1. The summed E-state index contributed by atoms with van der Waals surface area (Å²) in [7, 11) is 0. The van der Waals surface area contributed by atoms with Crippen molar-refractivity contribution in [1.29, 1.82) is 0 Å². The predicted octanol–water partition coefficient (Wildman–Crippen LogP) is 5.03. The Morgan fingerprint density at radius 1 is 1.08 bits per heavy atom.